The second-order valence-corrected chi connectivity index (χ2v) is 3.58. The average Bonchev–Trinajstić information content (AvgIpc) is 2.40. The minimum atomic E-state index is -1.12. The highest BCUT2D eigenvalue weighted by Crippen LogP contribution is 2.28. The van der Waals surface area contributed by atoms with E-state index in [9.17, 15) is 9.90 Å². The number of hydrogen-bond donors (Lipinski definition) is 1. The third-order valence-electron chi connectivity index (χ3n) is 2.47. The molecule has 0 fully saturated rings. The summed E-state index contributed by atoms with van der Waals surface area (Å²) in [5.41, 5.74) is 1.19. The highest BCUT2D eigenvalue weighted by molar-refractivity contribution is 5.96. The quantitative estimate of drug-likeness (QED) is 0.872. The van der Waals surface area contributed by atoms with Gasteiger partial charge in [-0.3, -0.25) is 0 Å². The van der Waals surface area contributed by atoms with Crippen molar-refractivity contribution < 1.29 is 9.90 Å². The maximum atomic E-state index is 11.4. The van der Waals surface area contributed by atoms with Gasteiger partial charge in [0.25, 0.3) is 0 Å². The van der Waals surface area contributed by atoms with Gasteiger partial charge in [-0.15, -0.1) is 0 Å². The van der Waals surface area contributed by atoms with Gasteiger partial charge in [0.1, 0.15) is 6.07 Å². The van der Waals surface area contributed by atoms with Crippen LogP contribution in [0.5, 0.6) is 0 Å². The lowest BCUT2D eigenvalue weighted by atomic mass is 10.1. The van der Waals surface area contributed by atoms with Crippen LogP contribution in [0, 0.1) is 11.3 Å². The fraction of sp³-hybridized carbons (Fsp3) is 0. The molecule has 88 valence electrons. The molecule has 0 saturated heterocycles. The predicted octanol–water partition coefficient (Wildman–Crippen LogP) is 3.37. The Hall–Kier alpha value is -2.80. The SMILES string of the molecule is N#Cc1ccccc1N(C(=O)O)c1ccccc1. The third-order valence-corrected chi connectivity index (χ3v) is 2.47. The molecule has 0 aliphatic carbocycles. The van der Waals surface area contributed by atoms with E-state index in [2.05, 4.69) is 0 Å². The molecule has 0 unspecified atom stereocenters. The van der Waals surface area contributed by atoms with Crippen LogP contribution in [0.2, 0.25) is 0 Å². The number of anilines is 2. The van der Waals surface area contributed by atoms with Crippen molar-refractivity contribution in [3.05, 3.63) is 60.2 Å². The predicted molar refractivity (Wildman–Crippen MR) is 67.8 cm³/mol. The lowest BCUT2D eigenvalue weighted by molar-refractivity contribution is 0.205. The van der Waals surface area contributed by atoms with Crippen LogP contribution in [-0.2, 0) is 0 Å². The fourth-order valence-electron chi connectivity index (χ4n) is 1.69. The van der Waals surface area contributed by atoms with Crippen LogP contribution in [0.3, 0.4) is 0 Å². The van der Waals surface area contributed by atoms with Crippen LogP contribution in [0.1, 0.15) is 5.56 Å². The molecule has 2 rings (SSSR count). The number of amides is 1. The molecule has 4 heteroatoms. The summed E-state index contributed by atoms with van der Waals surface area (Å²) < 4.78 is 0. The van der Waals surface area contributed by atoms with Crippen LogP contribution in [-0.4, -0.2) is 11.2 Å². The summed E-state index contributed by atoms with van der Waals surface area (Å²) in [6.07, 6.45) is -1.12. The molecule has 0 aliphatic rings. The second-order valence-electron chi connectivity index (χ2n) is 3.58. The highest BCUT2D eigenvalue weighted by Gasteiger charge is 2.19. The molecule has 2 aromatic carbocycles. The van der Waals surface area contributed by atoms with Gasteiger partial charge >= 0.3 is 6.09 Å². The largest absolute Gasteiger partial charge is 0.464 e. The topological polar surface area (TPSA) is 64.3 Å². The second kappa shape index (κ2) is 5.02. The van der Waals surface area contributed by atoms with E-state index in [1.165, 1.54) is 0 Å². The zero-order valence-electron chi connectivity index (χ0n) is 9.45. The van der Waals surface area contributed by atoms with Crippen molar-refractivity contribution in [1.82, 2.24) is 0 Å². The number of benzene rings is 2. The number of carboxylic acid groups (broad SMARTS) is 1. The van der Waals surface area contributed by atoms with E-state index < -0.39 is 6.09 Å². The smallest absolute Gasteiger partial charge is 0.416 e. The van der Waals surface area contributed by atoms with Crippen molar-refractivity contribution in [2.45, 2.75) is 0 Å². The zero-order valence-corrected chi connectivity index (χ0v) is 9.45. The molecule has 0 saturated carbocycles. The zero-order chi connectivity index (χ0) is 13.0. The van der Waals surface area contributed by atoms with E-state index in [0.717, 1.165) is 4.90 Å². The minimum Gasteiger partial charge on any atom is -0.464 e. The molecule has 2 aromatic rings. The Bertz CT molecular complexity index is 603. The minimum absolute atomic E-state index is 0.323. The molecule has 0 aromatic heterocycles. The molecular weight excluding hydrogens is 228 g/mol. The molecule has 1 amide bonds. The van der Waals surface area contributed by atoms with E-state index in [-0.39, 0.29) is 0 Å². The van der Waals surface area contributed by atoms with Crippen LogP contribution < -0.4 is 4.90 Å². The van der Waals surface area contributed by atoms with Gasteiger partial charge in [0.2, 0.25) is 0 Å². The molecule has 0 spiro atoms. The molecule has 0 aliphatic heterocycles. The summed E-state index contributed by atoms with van der Waals surface area (Å²) >= 11 is 0. The number of para-hydroxylation sites is 2. The highest BCUT2D eigenvalue weighted by atomic mass is 16.4. The monoisotopic (exact) mass is 238 g/mol. The number of rotatable bonds is 2. The summed E-state index contributed by atoms with van der Waals surface area (Å²) in [4.78, 5) is 12.5. The summed E-state index contributed by atoms with van der Waals surface area (Å²) in [6.45, 7) is 0. The fourth-order valence-corrected chi connectivity index (χ4v) is 1.69. The summed E-state index contributed by atoms with van der Waals surface area (Å²) in [6, 6.07) is 17.3. The first kappa shape index (κ1) is 11.7. The van der Waals surface area contributed by atoms with Crippen molar-refractivity contribution in [1.29, 1.82) is 5.26 Å². The Morgan fingerprint density at radius 1 is 1.06 bits per heavy atom. The van der Waals surface area contributed by atoms with E-state index in [4.69, 9.17) is 5.26 Å². The first-order valence-corrected chi connectivity index (χ1v) is 5.31. The average molecular weight is 238 g/mol. The Morgan fingerprint density at radius 2 is 1.67 bits per heavy atom. The molecule has 18 heavy (non-hydrogen) atoms. The van der Waals surface area contributed by atoms with Gasteiger partial charge in [0, 0.05) is 0 Å². The normalized spacial score (nSPS) is 9.50. The molecule has 1 N–H and O–H groups in total. The van der Waals surface area contributed by atoms with Gasteiger partial charge in [0.05, 0.1) is 16.9 Å². The van der Waals surface area contributed by atoms with Crippen molar-refractivity contribution in [3.63, 3.8) is 0 Å². The molecule has 0 heterocycles. The molecule has 0 atom stereocenters. The summed E-state index contributed by atoms with van der Waals surface area (Å²) in [7, 11) is 0. The first-order chi connectivity index (χ1) is 8.74. The Balaban J connectivity index is 2.57. The van der Waals surface area contributed by atoms with Crippen molar-refractivity contribution in [2.75, 3.05) is 4.90 Å². The van der Waals surface area contributed by atoms with Gasteiger partial charge in [-0.05, 0) is 24.3 Å². The van der Waals surface area contributed by atoms with Gasteiger partial charge in [0.15, 0.2) is 0 Å². The van der Waals surface area contributed by atoms with E-state index in [1.807, 2.05) is 6.07 Å². The van der Waals surface area contributed by atoms with Crippen molar-refractivity contribution in [2.24, 2.45) is 0 Å². The van der Waals surface area contributed by atoms with E-state index in [1.54, 1.807) is 54.6 Å². The van der Waals surface area contributed by atoms with E-state index >= 15 is 0 Å². The van der Waals surface area contributed by atoms with Gasteiger partial charge < -0.3 is 5.11 Å². The van der Waals surface area contributed by atoms with Crippen molar-refractivity contribution >= 4 is 17.5 Å². The molecular formula is C14H10N2O2. The van der Waals surface area contributed by atoms with Gasteiger partial charge in [-0.2, -0.15) is 5.26 Å². The molecule has 0 bridgehead atoms. The maximum Gasteiger partial charge on any atom is 0.416 e. The first-order valence-electron chi connectivity index (χ1n) is 5.31. The van der Waals surface area contributed by atoms with Crippen LogP contribution in [0.4, 0.5) is 16.2 Å². The summed E-state index contributed by atoms with van der Waals surface area (Å²) in [5.74, 6) is 0. The Labute approximate surface area is 104 Å². The van der Waals surface area contributed by atoms with Crippen molar-refractivity contribution in [3.8, 4) is 6.07 Å². The van der Waals surface area contributed by atoms with E-state index in [0.29, 0.717) is 16.9 Å². The number of hydrogen-bond acceptors (Lipinski definition) is 2. The summed E-state index contributed by atoms with van der Waals surface area (Å²) in [5, 5.41) is 18.3. The van der Waals surface area contributed by atoms with Crippen LogP contribution in [0.25, 0.3) is 0 Å². The van der Waals surface area contributed by atoms with Crippen LogP contribution >= 0.6 is 0 Å². The van der Waals surface area contributed by atoms with Gasteiger partial charge in [-0.25, -0.2) is 9.69 Å². The standard InChI is InChI=1S/C14H10N2O2/c15-10-11-6-4-5-9-13(11)16(14(17)18)12-7-2-1-3-8-12/h1-9H,(H,17,18). The molecule has 0 radical (unpaired) electrons. The molecule has 4 nitrogen and oxygen atoms in total. The Morgan fingerprint density at radius 3 is 2.28 bits per heavy atom. The maximum absolute atomic E-state index is 11.4. The van der Waals surface area contributed by atoms with Gasteiger partial charge in [-0.1, -0.05) is 30.3 Å². The third kappa shape index (κ3) is 2.15. The lowest BCUT2D eigenvalue weighted by Crippen LogP contribution is -2.24. The number of nitriles is 1. The number of carbonyl (C=O) groups is 1. The number of nitrogens with zero attached hydrogens (tertiary/aromatic N) is 2. The Kier molecular flexibility index (Phi) is 3.26. The van der Waals surface area contributed by atoms with Crippen LogP contribution in [0.15, 0.2) is 54.6 Å². The lowest BCUT2D eigenvalue weighted by Gasteiger charge is -2.20.